The molecule has 18 heavy (non-hydrogen) atoms. The fourth-order valence-electron chi connectivity index (χ4n) is 2.72. The number of benzene rings is 1. The highest BCUT2D eigenvalue weighted by Gasteiger charge is 2.13. The van der Waals surface area contributed by atoms with Gasteiger partial charge in [-0.05, 0) is 55.8 Å². The lowest BCUT2D eigenvalue weighted by Gasteiger charge is -2.20. The van der Waals surface area contributed by atoms with E-state index < -0.39 is 0 Å². The molecule has 0 saturated heterocycles. The molecule has 0 bridgehead atoms. The second kappa shape index (κ2) is 6.91. The van der Waals surface area contributed by atoms with Gasteiger partial charge in [-0.15, -0.1) is 0 Å². The molecule has 2 rings (SSSR count). The lowest BCUT2D eigenvalue weighted by atomic mass is 10.0. The number of nitrogens with zero attached hydrogens (tertiary/aromatic N) is 1. The standard InChI is InChI=1S/C16H26N2/c1-14(13-17)5-4-10-18-11-8-15-6-2-3-7-16(15)9-12-18/h2-3,6-7,14H,4-5,8-13,17H2,1H3. The number of fused-ring (bicyclic) bond motifs is 1. The smallest absolute Gasteiger partial charge is 0.00221 e. The summed E-state index contributed by atoms with van der Waals surface area (Å²) < 4.78 is 0. The van der Waals surface area contributed by atoms with Crippen LogP contribution in [-0.2, 0) is 12.8 Å². The maximum Gasteiger partial charge on any atom is 0.00221 e. The van der Waals surface area contributed by atoms with Crippen molar-refractivity contribution < 1.29 is 0 Å². The predicted octanol–water partition coefficient (Wildman–Crippen LogP) is 2.46. The van der Waals surface area contributed by atoms with Crippen LogP contribution in [0.15, 0.2) is 24.3 Å². The Hall–Kier alpha value is -0.860. The van der Waals surface area contributed by atoms with Crippen LogP contribution < -0.4 is 5.73 Å². The monoisotopic (exact) mass is 246 g/mol. The second-order valence-corrected chi connectivity index (χ2v) is 5.59. The van der Waals surface area contributed by atoms with Crippen LogP contribution in [0.25, 0.3) is 0 Å². The number of hydrogen-bond acceptors (Lipinski definition) is 2. The minimum atomic E-state index is 0.675. The Morgan fingerprint density at radius 1 is 1.17 bits per heavy atom. The van der Waals surface area contributed by atoms with Crippen molar-refractivity contribution in [3.63, 3.8) is 0 Å². The zero-order valence-electron chi connectivity index (χ0n) is 11.6. The molecule has 1 aromatic rings. The molecule has 1 aliphatic rings. The van der Waals surface area contributed by atoms with Crippen LogP contribution in [0, 0.1) is 5.92 Å². The molecule has 2 nitrogen and oxygen atoms in total. The van der Waals surface area contributed by atoms with E-state index in [0.717, 1.165) is 6.54 Å². The van der Waals surface area contributed by atoms with Crippen LogP contribution in [0.5, 0.6) is 0 Å². The van der Waals surface area contributed by atoms with Crippen LogP contribution in [0.1, 0.15) is 30.9 Å². The van der Waals surface area contributed by atoms with Crippen molar-refractivity contribution >= 4 is 0 Å². The van der Waals surface area contributed by atoms with Crippen molar-refractivity contribution in [3.8, 4) is 0 Å². The van der Waals surface area contributed by atoms with Crippen LogP contribution in [0.3, 0.4) is 0 Å². The van der Waals surface area contributed by atoms with Gasteiger partial charge in [0, 0.05) is 13.1 Å². The lowest BCUT2D eigenvalue weighted by Crippen LogP contribution is -2.28. The summed E-state index contributed by atoms with van der Waals surface area (Å²) in [5, 5.41) is 0. The van der Waals surface area contributed by atoms with Crippen molar-refractivity contribution in [1.29, 1.82) is 0 Å². The SMILES string of the molecule is CC(CN)CCCN1CCc2ccccc2CC1. The molecule has 0 radical (unpaired) electrons. The van der Waals surface area contributed by atoms with E-state index in [1.54, 1.807) is 11.1 Å². The third-order valence-corrected chi connectivity index (χ3v) is 4.09. The van der Waals surface area contributed by atoms with Crippen molar-refractivity contribution in [2.45, 2.75) is 32.6 Å². The summed E-state index contributed by atoms with van der Waals surface area (Å²) in [7, 11) is 0. The predicted molar refractivity (Wildman–Crippen MR) is 77.7 cm³/mol. The first-order chi connectivity index (χ1) is 8.79. The first kappa shape index (κ1) is 13.6. The minimum absolute atomic E-state index is 0.675. The van der Waals surface area contributed by atoms with Gasteiger partial charge < -0.3 is 10.6 Å². The zero-order chi connectivity index (χ0) is 12.8. The van der Waals surface area contributed by atoms with Gasteiger partial charge in [0.15, 0.2) is 0 Å². The van der Waals surface area contributed by atoms with E-state index in [9.17, 15) is 0 Å². The highest BCUT2D eigenvalue weighted by molar-refractivity contribution is 5.28. The summed E-state index contributed by atoms with van der Waals surface area (Å²) in [4.78, 5) is 2.61. The molecule has 100 valence electrons. The molecule has 0 saturated carbocycles. The molecule has 1 atom stereocenters. The Morgan fingerprint density at radius 3 is 2.33 bits per heavy atom. The molecular formula is C16H26N2. The Bertz CT molecular complexity index is 335. The van der Waals surface area contributed by atoms with Crippen LogP contribution >= 0.6 is 0 Å². The first-order valence-electron chi connectivity index (χ1n) is 7.29. The third-order valence-electron chi connectivity index (χ3n) is 4.09. The fourth-order valence-corrected chi connectivity index (χ4v) is 2.72. The number of nitrogens with two attached hydrogens (primary N) is 1. The maximum absolute atomic E-state index is 5.66. The van der Waals surface area contributed by atoms with Gasteiger partial charge in [-0.1, -0.05) is 31.2 Å². The molecule has 0 spiro atoms. The molecule has 2 N–H and O–H groups in total. The van der Waals surface area contributed by atoms with E-state index in [4.69, 9.17) is 5.73 Å². The Balaban J connectivity index is 1.78. The average Bonchev–Trinajstić information content (AvgIpc) is 2.61. The number of rotatable bonds is 5. The highest BCUT2D eigenvalue weighted by atomic mass is 15.1. The van der Waals surface area contributed by atoms with E-state index in [-0.39, 0.29) is 0 Å². The van der Waals surface area contributed by atoms with Gasteiger partial charge in [-0.25, -0.2) is 0 Å². The minimum Gasteiger partial charge on any atom is -0.330 e. The summed E-state index contributed by atoms with van der Waals surface area (Å²) in [6, 6.07) is 8.90. The van der Waals surface area contributed by atoms with Gasteiger partial charge >= 0.3 is 0 Å². The largest absolute Gasteiger partial charge is 0.330 e. The number of hydrogen-bond donors (Lipinski definition) is 1. The molecule has 1 aliphatic heterocycles. The van der Waals surface area contributed by atoms with Gasteiger partial charge in [-0.2, -0.15) is 0 Å². The molecule has 1 heterocycles. The van der Waals surface area contributed by atoms with E-state index in [0.29, 0.717) is 5.92 Å². The molecule has 0 amide bonds. The second-order valence-electron chi connectivity index (χ2n) is 5.59. The molecular weight excluding hydrogens is 220 g/mol. The summed E-state index contributed by atoms with van der Waals surface area (Å²) >= 11 is 0. The van der Waals surface area contributed by atoms with Gasteiger partial charge in [0.2, 0.25) is 0 Å². The normalized spacial score (nSPS) is 18.1. The van der Waals surface area contributed by atoms with Gasteiger partial charge in [0.25, 0.3) is 0 Å². The summed E-state index contributed by atoms with van der Waals surface area (Å²) in [5.41, 5.74) is 8.76. The first-order valence-corrected chi connectivity index (χ1v) is 7.29. The average molecular weight is 246 g/mol. The lowest BCUT2D eigenvalue weighted by molar-refractivity contribution is 0.274. The summed E-state index contributed by atoms with van der Waals surface area (Å²) in [6.45, 7) is 6.74. The maximum atomic E-state index is 5.66. The van der Waals surface area contributed by atoms with Crippen LogP contribution in [0.2, 0.25) is 0 Å². The molecule has 1 aromatic carbocycles. The Kier molecular flexibility index (Phi) is 5.21. The van der Waals surface area contributed by atoms with Gasteiger partial charge in [0.05, 0.1) is 0 Å². The Labute approximate surface area is 111 Å². The molecule has 2 heteroatoms. The van der Waals surface area contributed by atoms with Gasteiger partial charge in [-0.3, -0.25) is 0 Å². The van der Waals surface area contributed by atoms with E-state index in [1.807, 2.05) is 0 Å². The van der Waals surface area contributed by atoms with E-state index in [1.165, 1.54) is 45.3 Å². The van der Waals surface area contributed by atoms with Crippen molar-refractivity contribution in [2.24, 2.45) is 11.7 Å². The molecule has 0 aromatic heterocycles. The van der Waals surface area contributed by atoms with Crippen molar-refractivity contribution in [1.82, 2.24) is 4.90 Å². The highest BCUT2D eigenvalue weighted by Crippen LogP contribution is 2.16. The van der Waals surface area contributed by atoms with Crippen molar-refractivity contribution in [3.05, 3.63) is 35.4 Å². The van der Waals surface area contributed by atoms with Gasteiger partial charge in [0.1, 0.15) is 0 Å². The zero-order valence-corrected chi connectivity index (χ0v) is 11.6. The third kappa shape index (κ3) is 3.82. The van der Waals surface area contributed by atoms with E-state index in [2.05, 4.69) is 36.1 Å². The summed E-state index contributed by atoms with van der Waals surface area (Å²) in [5.74, 6) is 0.675. The quantitative estimate of drug-likeness (QED) is 0.865. The summed E-state index contributed by atoms with van der Waals surface area (Å²) in [6.07, 6.45) is 4.97. The van der Waals surface area contributed by atoms with E-state index >= 15 is 0 Å². The Morgan fingerprint density at radius 2 is 1.78 bits per heavy atom. The molecule has 1 unspecified atom stereocenters. The van der Waals surface area contributed by atoms with Crippen LogP contribution in [0.4, 0.5) is 0 Å². The fraction of sp³-hybridized carbons (Fsp3) is 0.625. The van der Waals surface area contributed by atoms with Crippen LogP contribution in [-0.4, -0.2) is 31.1 Å². The van der Waals surface area contributed by atoms with Crippen molar-refractivity contribution in [2.75, 3.05) is 26.2 Å². The molecule has 0 fully saturated rings. The molecule has 0 aliphatic carbocycles. The topological polar surface area (TPSA) is 29.3 Å².